The molecule has 0 amide bonds. The Morgan fingerprint density at radius 2 is 1.90 bits per heavy atom. The number of aromatic nitrogens is 1. The molecule has 0 spiro atoms. The van der Waals surface area contributed by atoms with E-state index in [2.05, 4.69) is 4.98 Å². The molecule has 2 aromatic carbocycles. The number of ether oxygens (including phenoxy) is 1. The third-order valence-electron chi connectivity index (χ3n) is 5.21. The fourth-order valence-electron chi connectivity index (χ4n) is 3.37. The maximum absolute atomic E-state index is 12.6. The molecule has 4 rings (SSSR count). The molecule has 1 unspecified atom stereocenters. The van der Waals surface area contributed by atoms with E-state index in [0.29, 0.717) is 31.1 Å². The SMILES string of the molecule is Cc1oc(-c2ccccc2)nc1CCOc1ccc(S(=O)(=O)N2CCC2C(=O)O)cc1. The molecule has 3 aromatic rings. The first kappa shape index (κ1) is 21.1. The Kier molecular flexibility index (Phi) is 5.79. The summed E-state index contributed by atoms with van der Waals surface area (Å²) in [6, 6.07) is 14.6. The van der Waals surface area contributed by atoms with Crippen LogP contribution in [0, 0.1) is 6.92 Å². The Bertz CT molecular complexity index is 1170. The van der Waals surface area contributed by atoms with E-state index < -0.39 is 22.0 Å². The molecular formula is C22H22N2O6S. The Balaban J connectivity index is 1.36. The zero-order valence-electron chi connectivity index (χ0n) is 16.9. The molecule has 1 aromatic heterocycles. The number of rotatable bonds is 8. The lowest BCUT2D eigenvalue weighted by Crippen LogP contribution is -2.54. The molecule has 1 aliphatic rings. The highest BCUT2D eigenvalue weighted by molar-refractivity contribution is 7.89. The lowest BCUT2D eigenvalue weighted by molar-refractivity contribution is -0.144. The summed E-state index contributed by atoms with van der Waals surface area (Å²) in [5.41, 5.74) is 1.71. The van der Waals surface area contributed by atoms with Crippen molar-refractivity contribution in [2.75, 3.05) is 13.2 Å². The number of sulfonamides is 1. The second-order valence-corrected chi connectivity index (χ2v) is 9.11. The second-order valence-electron chi connectivity index (χ2n) is 7.22. The summed E-state index contributed by atoms with van der Waals surface area (Å²) < 4.78 is 37.7. The van der Waals surface area contributed by atoms with Gasteiger partial charge in [0.05, 0.1) is 17.2 Å². The molecule has 9 heteroatoms. The van der Waals surface area contributed by atoms with Crippen LogP contribution in [0.2, 0.25) is 0 Å². The maximum Gasteiger partial charge on any atom is 0.322 e. The van der Waals surface area contributed by atoms with Gasteiger partial charge in [0.25, 0.3) is 0 Å². The third-order valence-corrected chi connectivity index (χ3v) is 7.13. The average molecular weight is 442 g/mol. The van der Waals surface area contributed by atoms with Gasteiger partial charge < -0.3 is 14.3 Å². The lowest BCUT2D eigenvalue weighted by atomic mass is 10.1. The van der Waals surface area contributed by atoms with Gasteiger partial charge in [-0.25, -0.2) is 13.4 Å². The van der Waals surface area contributed by atoms with Gasteiger partial charge in [-0.15, -0.1) is 0 Å². The topological polar surface area (TPSA) is 110 Å². The van der Waals surface area contributed by atoms with Gasteiger partial charge in [-0.05, 0) is 49.7 Å². The largest absolute Gasteiger partial charge is 0.493 e. The first-order valence-corrected chi connectivity index (χ1v) is 11.3. The summed E-state index contributed by atoms with van der Waals surface area (Å²) in [6.07, 6.45) is 0.861. The smallest absolute Gasteiger partial charge is 0.322 e. The highest BCUT2D eigenvalue weighted by Crippen LogP contribution is 2.28. The second kappa shape index (κ2) is 8.52. The Morgan fingerprint density at radius 1 is 1.19 bits per heavy atom. The van der Waals surface area contributed by atoms with Crippen LogP contribution >= 0.6 is 0 Å². The number of nitrogens with zero attached hydrogens (tertiary/aromatic N) is 2. The Hall–Kier alpha value is -3.17. The number of hydrogen-bond acceptors (Lipinski definition) is 6. The molecule has 0 aliphatic carbocycles. The lowest BCUT2D eigenvalue weighted by Gasteiger charge is -2.36. The van der Waals surface area contributed by atoms with E-state index in [-0.39, 0.29) is 11.4 Å². The summed E-state index contributed by atoms with van der Waals surface area (Å²) in [5.74, 6) is 0.676. The van der Waals surface area contributed by atoms with Crippen LogP contribution in [-0.4, -0.2) is 48.0 Å². The van der Waals surface area contributed by atoms with Crippen LogP contribution in [-0.2, 0) is 21.2 Å². The molecule has 8 nitrogen and oxygen atoms in total. The van der Waals surface area contributed by atoms with E-state index >= 15 is 0 Å². The van der Waals surface area contributed by atoms with Crippen molar-refractivity contribution in [3.05, 3.63) is 66.1 Å². The number of hydrogen-bond donors (Lipinski definition) is 1. The first-order chi connectivity index (χ1) is 14.9. The van der Waals surface area contributed by atoms with Crippen LogP contribution in [0.3, 0.4) is 0 Å². The van der Waals surface area contributed by atoms with Crippen molar-refractivity contribution in [3.8, 4) is 17.2 Å². The Morgan fingerprint density at radius 3 is 2.52 bits per heavy atom. The van der Waals surface area contributed by atoms with Crippen molar-refractivity contribution < 1.29 is 27.5 Å². The number of oxazole rings is 1. The van der Waals surface area contributed by atoms with Crippen LogP contribution < -0.4 is 4.74 Å². The van der Waals surface area contributed by atoms with Crippen molar-refractivity contribution in [3.63, 3.8) is 0 Å². The van der Waals surface area contributed by atoms with Gasteiger partial charge >= 0.3 is 5.97 Å². The van der Waals surface area contributed by atoms with Crippen molar-refractivity contribution in [1.29, 1.82) is 0 Å². The molecule has 0 radical (unpaired) electrons. The predicted molar refractivity (Wildman–Crippen MR) is 112 cm³/mol. The number of aliphatic carboxylic acids is 1. The van der Waals surface area contributed by atoms with Crippen LogP contribution in [0.15, 0.2) is 63.9 Å². The molecule has 0 saturated carbocycles. The van der Waals surface area contributed by atoms with E-state index in [0.717, 1.165) is 21.3 Å². The summed E-state index contributed by atoms with van der Waals surface area (Å²) in [4.78, 5) is 15.7. The third kappa shape index (κ3) is 4.33. The summed E-state index contributed by atoms with van der Waals surface area (Å²) in [7, 11) is -3.83. The van der Waals surface area contributed by atoms with Gasteiger partial charge in [-0.3, -0.25) is 4.79 Å². The van der Waals surface area contributed by atoms with Crippen LogP contribution in [0.1, 0.15) is 17.9 Å². The predicted octanol–water partition coefficient (Wildman–Crippen LogP) is 3.12. The quantitative estimate of drug-likeness (QED) is 0.571. The number of benzene rings is 2. The first-order valence-electron chi connectivity index (χ1n) is 9.85. The monoisotopic (exact) mass is 442 g/mol. The van der Waals surface area contributed by atoms with Gasteiger partial charge in [0.2, 0.25) is 15.9 Å². The Labute approximate surface area is 180 Å². The minimum Gasteiger partial charge on any atom is -0.493 e. The molecule has 1 atom stereocenters. The van der Waals surface area contributed by atoms with Crippen molar-refractivity contribution in [1.82, 2.24) is 9.29 Å². The highest BCUT2D eigenvalue weighted by Gasteiger charge is 2.42. The van der Waals surface area contributed by atoms with Crippen molar-refractivity contribution in [2.24, 2.45) is 0 Å². The molecule has 1 fully saturated rings. The summed E-state index contributed by atoms with van der Waals surface area (Å²) in [6.45, 7) is 2.41. The van der Waals surface area contributed by atoms with E-state index in [1.807, 2.05) is 37.3 Å². The highest BCUT2D eigenvalue weighted by atomic mass is 32.2. The van der Waals surface area contributed by atoms with Gasteiger partial charge in [-0.1, -0.05) is 18.2 Å². The number of carboxylic acid groups (broad SMARTS) is 1. The van der Waals surface area contributed by atoms with Crippen LogP contribution in [0.5, 0.6) is 5.75 Å². The molecule has 2 heterocycles. The van der Waals surface area contributed by atoms with E-state index in [9.17, 15) is 13.2 Å². The molecule has 0 bridgehead atoms. The number of carbonyl (C=O) groups is 1. The van der Waals surface area contributed by atoms with E-state index in [1.54, 1.807) is 12.1 Å². The minimum atomic E-state index is -3.83. The molecule has 1 saturated heterocycles. The molecule has 1 aliphatic heterocycles. The average Bonchev–Trinajstić information content (AvgIpc) is 3.08. The molecule has 162 valence electrons. The van der Waals surface area contributed by atoms with Gasteiger partial charge in [0.1, 0.15) is 17.6 Å². The van der Waals surface area contributed by atoms with Crippen LogP contribution in [0.25, 0.3) is 11.5 Å². The normalized spacial score (nSPS) is 16.6. The van der Waals surface area contributed by atoms with Gasteiger partial charge in [0, 0.05) is 18.5 Å². The molecule has 31 heavy (non-hydrogen) atoms. The van der Waals surface area contributed by atoms with Crippen molar-refractivity contribution >= 4 is 16.0 Å². The number of carboxylic acids is 1. The number of aryl methyl sites for hydroxylation is 1. The zero-order chi connectivity index (χ0) is 22.0. The van der Waals surface area contributed by atoms with Gasteiger partial charge in [0.15, 0.2) is 0 Å². The van der Waals surface area contributed by atoms with E-state index in [1.165, 1.54) is 12.1 Å². The molecule has 1 N–H and O–H groups in total. The summed E-state index contributed by atoms with van der Waals surface area (Å²) >= 11 is 0. The fraction of sp³-hybridized carbons (Fsp3) is 0.273. The maximum atomic E-state index is 12.6. The summed E-state index contributed by atoms with van der Waals surface area (Å²) in [5, 5.41) is 9.10. The van der Waals surface area contributed by atoms with E-state index in [4.69, 9.17) is 14.3 Å². The minimum absolute atomic E-state index is 0.0469. The molecular weight excluding hydrogens is 420 g/mol. The zero-order valence-corrected chi connectivity index (χ0v) is 17.7. The van der Waals surface area contributed by atoms with Crippen LogP contribution in [0.4, 0.5) is 0 Å². The fourth-order valence-corrected chi connectivity index (χ4v) is 5.00. The van der Waals surface area contributed by atoms with Gasteiger partial charge in [-0.2, -0.15) is 4.31 Å². The van der Waals surface area contributed by atoms with Crippen molar-refractivity contribution in [2.45, 2.75) is 30.7 Å². The standard InChI is InChI=1S/C22H22N2O6S/c1-15-19(23-21(30-15)16-5-3-2-4-6-16)12-14-29-17-7-9-18(10-8-17)31(27,28)24-13-11-20(24)22(25)26/h2-10,20H,11-14H2,1H3,(H,25,26).